The van der Waals surface area contributed by atoms with Crippen LogP contribution in [-0.2, 0) is 0 Å². The van der Waals surface area contributed by atoms with Gasteiger partial charge in [0.1, 0.15) is 5.82 Å². The summed E-state index contributed by atoms with van der Waals surface area (Å²) in [7, 11) is 0. The molecule has 0 unspecified atom stereocenters. The normalized spacial score (nSPS) is 22.2. The summed E-state index contributed by atoms with van der Waals surface area (Å²) < 4.78 is 29.1. The van der Waals surface area contributed by atoms with E-state index in [0.29, 0.717) is 5.56 Å². The topological polar surface area (TPSA) is 30.7 Å². The Morgan fingerprint density at radius 2 is 2.22 bits per heavy atom. The lowest BCUT2D eigenvalue weighted by atomic mass is 10.0. The van der Waals surface area contributed by atoms with Crippen molar-refractivity contribution in [3.8, 4) is 0 Å². The van der Waals surface area contributed by atoms with E-state index in [9.17, 15) is 8.78 Å². The van der Waals surface area contributed by atoms with Gasteiger partial charge in [-0.2, -0.15) is 0 Å². The lowest BCUT2D eigenvalue weighted by Crippen LogP contribution is -2.09. The molecule has 0 amide bonds. The zero-order chi connectivity index (χ0) is 12.9. The van der Waals surface area contributed by atoms with Crippen LogP contribution >= 0.6 is 24.2 Å². The minimum atomic E-state index is -1.26. The SMILES string of the molecule is Fc1c(Cl)cccc1[C@@H]1C[C@H](F)c2nc(S)nn21. The Kier molecular flexibility index (Phi) is 2.79. The highest BCUT2D eigenvalue weighted by Gasteiger charge is 2.36. The Morgan fingerprint density at radius 3 is 3.00 bits per heavy atom. The average Bonchev–Trinajstić information content (AvgIpc) is 2.83. The van der Waals surface area contributed by atoms with Crippen molar-refractivity contribution in [2.75, 3.05) is 0 Å². The number of aromatic nitrogens is 3. The van der Waals surface area contributed by atoms with Gasteiger partial charge >= 0.3 is 0 Å². The van der Waals surface area contributed by atoms with Crippen LogP contribution in [0.2, 0.25) is 5.02 Å². The number of hydrogen-bond acceptors (Lipinski definition) is 3. The molecule has 0 fully saturated rings. The lowest BCUT2D eigenvalue weighted by Gasteiger charge is -2.13. The molecule has 0 aliphatic carbocycles. The van der Waals surface area contributed by atoms with Gasteiger partial charge in [-0.15, -0.1) is 17.7 Å². The van der Waals surface area contributed by atoms with Gasteiger partial charge < -0.3 is 0 Å². The number of hydrogen-bond donors (Lipinski definition) is 1. The molecule has 1 aromatic carbocycles. The first-order valence-corrected chi connectivity index (χ1v) is 6.14. The molecule has 94 valence electrons. The first kappa shape index (κ1) is 11.9. The van der Waals surface area contributed by atoms with Crippen LogP contribution < -0.4 is 0 Å². The van der Waals surface area contributed by atoms with Crippen molar-refractivity contribution in [1.29, 1.82) is 0 Å². The van der Waals surface area contributed by atoms with E-state index in [-0.39, 0.29) is 22.4 Å². The van der Waals surface area contributed by atoms with Gasteiger partial charge in [-0.05, 0) is 6.07 Å². The Morgan fingerprint density at radius 1 is 1.44 bits per heavy atom. The molecule has 0 radical (unpaired) electrons. The van der Waals surface area contributed by atoms with E-state index in [4.69, 9.17) is 11.6 Å². The van der Waals surface area contributed by atoms with E-state index in [1.54, 1.807) is 12.1 Å². The molecule has 3 rings (SSSR count). The van der Waals surface area contributed by atoms with E-state index in [1.165, 1.54) is 10.7 Å². The zero-order valence-corrected chi connectivity index (χ0v) is 10.7. The van der Waals surface area contributed by atoms with E-state index in [2.05, 4.69) is 22.7 Å². The number of thiol groups is 1. The van der Waals surface area contributed by atoms with Crippen LogP contribution in [-0.4, -0.2) is 14.8 Å². The highest BCUT2D eigenvalue weighted by molar-refractivity contribution is 7.80. The zero-order valence-electron chi connectivity index (χ0n) is 9.02. The average molecular weight is 288 g/mol. The van der Waals surface area contributed by atoms with E-state index < -0.39 is 18.0 Å². The third-order valence-corrected chi connectivity index (χ3v) is 3.47. The Balaban J connectivity index is 2.11. The number of benzene rings is 1. The number of halogens is 3. The van der Waals surface area contributed by atoms with E-state index >= 15 is 0 Å². The van der Waals surface area contributed by atoms with Crippen LogP contribution in [0.4, 0.5) is 8.78 Å². The monoisotopic (exact) mass is 287 g/mol. The molecule has 1 aliphatic rings. The summed E-state index contributed by atoms with van der Waals surface area (Å²) in [4.78, 5) is 3.89. The van der Waals surface area contributed by atoms with Crippen molar-refractivity contribution in [3.63, 3.8) is 0 Å². The van der Waals surface area contributed by atoms with Gasteiger partial charge in [0.2, 0.25) is 5.16 Å². The van der Waals surface area contributed by atoms with Crippen LogP contribution in [0.1, 0.15) is 30.0 Å². The fraction of sp³-hybridized carbons (Fsp3) is 0.273. The van der Waals surface area contributed by atoms with Gasteiger partial charge in [0.05, 0.1) is 11.1 Å². The molecule has 0 bridgehead atoms. The Labute approximate surface area is 112 Å². The number of rotatable bonds is 1. The molecule has 0 spiro atoms. The molecule has 1 aromatic heterocycles. The second kappa shape index (κ2) is 4.20. The molecule has 3 nitrogen and oxygen atoms in total. The summed E-state index contributed by atoms with van der Waals surface area (Å²) in [5.41, 5.74) is 0.321. The first-order valence-electron chi connectivity index (χ1n) is 5.31. The second-order valence-electron chi connectivity index (χ2n) is 4.08. The molecule has 2 heterocycles. The van der Waals surface area contributed by atoms with Crippen LogP contribution in [0.15, 0.2) is 23.4 Å². The minimum absolute atomic E-state index is 0.0163. The lowest BCUT2D eigenvalue weighted by molar-refractivity contribution is 0.325. The summed E-state index contributed by atoms with van der Waals surface area (Å²) in [5.74, 6) is -0.357. The smallest absolute Gasteiger partial charge is 0.205 e. The summed E-state index contributed by atoms with van der Waals surface area (Å²) in [5, 5.41) is 4.19. The van der Waals surface area contributed by atoms with Crippen LogP contribution in [0.5, 0.6) is 0 Å². The van der Waals surface area contributed by atoms with E-state index in [0.717, 1.165) is 0 Å². The summed E-state index contributed by atoms with van der Waals surface area (Å²) in [6, 6.07) is 4.13. The van der Waals surface area contributed by atoms with E-state index in [1.807, 2.05) is 0 Å². The molecule has 7 heteroatoms. The van der Waals surface area contributed by atoms with Crippen molar-refractivity contribution in [3.05, 3.63) is 40.4 Å². The first-order chi connectivity index (χ1) is 8.58. The molecular formula is C11H8ClF2N3S. The highest BCUT2D eigenvalue weighted by atomic mass is 35.5. The quantitative estimate of drug-likeness (QED) is 0.815. The van der Waals surface area contributed by atoms with Crippen LogP contribution in [0.3, 0.4) is 0 Å². The Bertz CT molecular complexity index is 616. The molecular weight excluding hydrogens is 280 g/mol. The van der Waals surface area contributed by atoms with Gasteiger partial charge in [-0.3, -0.25) is 0 Å². The standard InChI is InChI=1S/C11H8ClF2N3S/c12-6-3-1-2-5(9(6)14)8-4-7(13)10-15-11(18)16-17(8)10/h1-3,7-8H,4H2,(H,16,18)/t7-,8-/m0/s1. The van der Waals surface area contributed by atoms with Gasteiger partial charge in [-0.25, -0.2) is 18.4 Å². The summed E-state index contributed by atoms with van der Waals surface area (Å²) in [6.45, 7) is 0. The molecule has 0 saturated carbocycles. The largest absolute Gasteiger partial charge is 0.239 e. The maximum Gasteiger partial charge on any atom is 0.205 e. The van der Waals surface area contributed by atoms with Gasteiger partial charge in [0.25, 0.3) is 0 Å². The highest BCUT2D eigenvalue weighted by Crippen LogP contribution is 2.41. The third-order valence-electron chi connectivity index (χ3n) is 2.99. The molecule has 1 aliphatic heterocycles. The predicted octanol–water partition coefficient (Wildman–Crippen LogP) is 3.36. The maximum atomic E-state index is 13.9. The molecule has 0 N–H and O–H groups in total. The van der Waals surface area contributed by atoms with Gasteiger partial charge in [-0.1, -0.05) is 23.7 Å². The van der Waals surface area contributed by atoms with Crippen molar-refractivity contribution < 1.29 is 8.78 Å². The summed E-state index contributed by atoms with van der Waals surface area (Å²) >= 11 is 9.70. The fourth-order valence-corrected chi connectivity index (χ4v) is 2.59. The summed E-state index contributed by atoms with van der Waals surface area (Å²) in [6.07, 6.45) is -1.15. The third kappa shape index (κ3) is 1.71. The molecule has 18 heavy (non-hydrogen) atoms. The number of nitrogens with zero attached hydrogens (tertiary/aromatic N) is 3. The van der Waals surface area contributed by atoms with Gasteiger partial charge in [0.15, 0.2) is 12.0 Å². The number of fused-ring (bicyclic) bond motifs is 1. The minimum Gasteiger partial charge on any atom is -0.239 e. The van der Waals surface area contributed by atoms with Crippen molar-refractivity contribution >= 4 is 24.2 Å². The molecule has 2 aromatic rings. The molecule has 0 saturated heterocycles. The fourth-order valence-electron chi connectivity index (χ4n) is 2.20. The van der Waals surface area contributed by atoms with Gasteiger partial charge in [0, 0.05) is 12.0 Å². The van der Waals surface area contributed by atoms with Crippen molar-refractivity contribution in [1.82, 2.24) is 14.8 Å². The maximum absolute atomic E-state index is 13.9. The number of alkyl halides is 1. The van der Waals surface area contributed by atoms with Crippen LogP contribution in [0.25, 0.3) is 0 Å². The van der Waals surface area contributed by atoms with Crippen molar-refractivity contribution in [2.45, 2.75) is 23.8 Å². The van der Waals surface area contributed by atoms with Crippen molar-refractivity contribution in [2.24, 2.45) is 0 Å². The second-order valence-corrected chi connectivity index (χ2v) is 4.88. The Hall–Kier alpha value is -1.14. The van der Waals surface area contributed by atoms with Crippen LogP contribution in [0, 0.1) is 5.82 Å². The predicted molar refractivity (Wildman–Crippen MR) is 65.3 cm³/mol. The molecule has 2 atom stereocenters.